The first-order chi connectivity index (χ1) is 7.87. The van der Waals surface area contributed by atoms with Gasteiger partial charge in [-0.2, -0.15) is 8.42 Å². The molecule has 0 heterocycles. The van der Waals surface area contributed by atoms with Gasteiger partial charge in [0.15, 0.2) is 0 Å². The summed E-state index contributed by atoms with van der Waals surface area (Å²) < 4.78 is 34.1. The molecule has 17 heavy (non-hydrogen) atoms. The van der Waals surface area contributed by atoms with Gasteiger partial charge in [-0.1, -0.05) is 52.4 Å². The highest BCUT2D eigenvalue weighted by atomic mass is 32.3. The van der Waals surface area contributed by atoms with Crippen LogP contribution in [0.4, 0.5) is 0 Å². The number of hydrogen-bond donors (Lipinski definition) is 1. The van der Waals surface area contributed by atoms with E-state index in [1.807, 2.05) is 6.92 Å². The van der Waals surface area contributed by atoms with Crippen LogP contribution in [-0.4, -0.2) is 19.1 Å². The first kappa shape index (κ1) is 16.9. The lowest BCUT2D eigenvalue weighted by molar-refractivity contribution is 0.140. The molecule has 2 unspecified atom stereocenters. The molecule has 0 spiro atoms. The molecule has 0 aromatic carbocycles. The van der Waals surface area contributed by atoms with Gasteiger partial charge in [-0.3, -0.25) is 4.55 Å². The van der Waals surface area contributed by atoms with Gasteiger partial charge < -0.3 is 0 Å². The van der Waals surface area contributed by atoms with Gasteiger partial charge in [-0.25, -0.2) is 4.18 Å². The van der Waals surface area contributed by atoms with E-state index in [-0.39, 0.29) is 5.92 Å². The molecular weight excluding hydrogens is 240 g/mol. The maximum Gasteiger partial charge on any atom is 0.397 e. The quantitative estimate of drug-likeness (QED) is 0.485. The Kier molecular flexibility index (Phi) is 8.82. The maximum absolute atomic E-state index is 10.5. The molecule has 0 fully saturated rings. The van der Waals surface area contributed by atoms with Crippen molar-refractivity contribution in [1.29, 1.82) is 0 Å². The fraction of sp³-hybridized carbons (Fsp3) is 1.00. The lowest BCUT2D eigenvalue weighted by Gasteiger charge is -2.18. The van der Waals surface area contributed by atoms with Crippen molar-refractivity contribution >= 4 is 10.4 Å². The van der Waals surface area contributed by atoms with Crippen LogP contribution in [0.1, 0.15) is 65.7 Å². The normalized spacial score (nSPS) is 15.8. The second-order valence-electron chi connectivity index (χ2n) is 4.76. The minimum atomic E-state index is -4.31. The predicted molar refractivity (Wildman–Crippen MR) is 69.3 cm³/mol. The highest BCUT2D eigenvalue weighted by Gasteiger charge is 2.18. The van der Waals surface area contributed by atoms with Crippen molar-refractivity contribution in [2.75, 3.05) is 0 Å². The van der Waals surface area contributed by atoms with E-state index in [0.29, 0.717) is 0 Å². The third-order valence-corrected chi connectivity index (χ3v) is 3.63. The molecule has 0 aromatic heterocycles. The van der Waals surface area contributed by atoms with E-state index in [1.165, 1.54) is 32.1 Å². The van der Waals surface area contributed by atoms with Crippen LogP contribution in [-0.2, 0) is 14.6 Å². The zero-order valence-corrected chi connectivity index (χ0v) is 12.0. The Morgan fingerprint density at radius 2 is 1.59 bits per heavy atom. The van der Waals surface area contributed by atoms with Crippen LogP contribution in [0.5, 0.6) is 0 Å². The van der Waals surface area contributed by atoms with Gasteiger partial charge in [-0.15, -0.1) is 0 Å². The third-order valence-electron chi connectivity index (χ3n) is 3.09. The number of rotatable bonds is 10. The van der Waals surface area contributed by atoms with Gasteiger partial charge in [0.05, 0.1) is 6.10 Å². The van der Waals surface area contributed by atoms with Gasteiger partial charge >= 0.3 is 10.4 Å². The van der Waals surface area contributed by atoms with Crippen LogP contribution in [0, 0.1) is 5.92 Å². The SMILES string of the molecule is CCCCCCCCC(C)C(C)OS(=O)(=O)O. The van der Waals surface area contributed by atoms with E-state index in [2.05, 4.69) is 11.1 Å². The minimum absolute atomic E-state index is 0.142. The summed E-state index contributed by atoms with van der Waals surface area (Å²) >= 11 is 0. The molecule has 0 saturated carbocycles. The molecule has 0 aliphatic carbocycles. The van der Waals surface area contributed by atoms with E-state index >= 15 is 0 Å². The maximum atomic E-state index is 10.5. The average Bonchev–Trinajstić information content (AvgIpc) is 2.20. The second kappa shape index (κ2) is 8.89. The molecule has 0 radical (unpaired) electrons. The van der Waals surface area contributed by atoms with Crippen LogP contribution in [0.2, 0.25) is 0 Å². The predicted octanol–water partition coefficient (Wildman–Crippen LogP) is 3.58. The lowest BCUT2D eigenvalue weighted by atomic mass is 9.98. The molecule has 2 atom stereocenters. The topological polar surface area (TPSA) is 63.6 Å². The molecule has 0 amide bonds. The molecule has 5 heteroatoms. The molecule has 0 aromatic rings. The van der Waals surface area contributed by atoms with E-state index in [9.17, 15) is 8.42 Å². The monoisotopic (exact) mass is 266 g/mol. The van der Waals surface area contributed by atoms with Gasteiger partial charge in [0.1, 0.15) is 0 Å². The van der Waals surface area contributed by atoms with E-state index in [0.717, 1.165) is 12.8 Å². The van der Waals surface area contributed by atoms with Crippen LogP contribution >= 0.6 is 0 Å². The number of hydrogen-bond acceptors (Lipinski definition) is 3. The van der Waals surface area contributed by atoms with Crippen molar-refractivity contribution in [3.05, 3.63) is 0 Å². The van der Waals surface area contributed by atoms with Crippen molar-refractivity contribution in [1.82, 2.24) is 0 Å². The summed E-state index contributed by atoms with van der Waals surface area (Å²) in [5.74, 6) is 0.142. The largest absolute Gasteiger partial charge is 0.397 e. The summed E-state index contributed by atoms with van der Waals surface area (Å²) in [6.45, 7) is 5.81. The van der Waals surface area contributed by atoms with Crippen molar-refractivity contribution in [2.45, 2.75) is 71.8 Å². The molecule has 0 aliphatic rings. The van der Waals surface area contributed by atoms with E-state index < -0.39 is 16.5 Å². The Morgan fingerprint density at radius 1 is 1.06 bits per heavy atom. The van der Waals surface area contributed by atoms with Crippen LogP contribution < -0.4 is 0 Å². The smallest absolute Gasteiger partial charge is 0.264 e. The summed E-state index contributed by atoms with van der Waals surface area (Å²) in [5, 5.41) is 0. The number of unbranched alkanes of at least 4 members (excludes halogenated alkanes) is 5. The van der Waals surface area contributed by atoms with Crippen molar-refractivity contribution in [2.24, 2.45) is 5.92 Å². The summed E-state index contributed by atoms with van der Waals surface area (Å²) in [5.41, 5.74) is 0. The van der Waals surface area contributed by atoms with Crippen LogP contribution in [0.15, 0.2) is 0 Å². The zero-order chi connectivity index (χ0) is 13.3. The van der Waals surface area contributed by atoms with Crippen molar-refractivity contribution in [3.8, 4) is 0 Å². The van der Waals surface area contributed by atoms with Gasteiger partial charge in [0, 0.05) is 0 Å². The Morgan fingerprint density at radius 3 is 2.12 bits per heavy atom. The Hall–Kier alpha value is -0.130. The first-order valence-corrected chi connectivity index (χ1v) is 7.89. The molecular formula is C12H26O4S. The third kappa shape index (κ3) is 10.7. The van der Waals surface area contributed by atoms with E-state index in [4.69, 9.17) is 4.55 Å². The standard InChI is InChI=1S/C12H26O4S/c1-4-5-6-7-8-9-10-11(2)12(3)16-17(13,14)15/h11-12H,4-10H2,1-3H3,(H,13,14,15). The van der Waals surface area contributed by atoms with Crippen LogP contribution in [0.25, 0.3) is 0 Å². The van der Waals surface area contributed by atoms with Gasteiger partial charge in [-0.05, 0) is 19.3 Å². The van der Waals surface area contributed by atoms with Crippen molar-refractivity contribution < 1.29 is 17.2 Å². The molecule has 104 valence electrons. The summed E-state index contributed by atoms with van der Waals surface area (Å²) in [6.07, 6.45) is 7.81. The van der Waals surface area contributed by atoms with Gasteiger partial charge in [0.25, 0.3) is 0 Å². The highest BCUT2D eigenvalue weighted by molar-refractivity contribution is 7.80. The second-order valence-corrected chi connectivity index (χ2v) is 5.81. The Labute approximate surface area is 106 Å². The zero-order valence-electron chi connectivity index (χ0n) is 11.2. The average molecular weight is 266 g/mol. The molecule has 0 saturated heterocycles. The molecule has 4 nitrogen and oxygen atoms in total. The molecule has 0 bridgehead atoms. The summed E-state index contributed by atoms with van der Waals surface area (Å²) in [6, 6.07) is 0. The first-order valence-electron chi connectivity index (χ1n) is 6.52. The minimum Gasteiger partial charge on any atom is -0.264 e. The fourth-order valence-electron chi connectivity index (χ4n) is 1.77. The Balaban J connectivity index is 3.61. The molecule has 0 rings (SSSR count). The highest BCUT2D eigenvalue weighted by Crippen LogP contribution is 2.17. The summed E-state index contributed by atoms with van der Waals surface area (Å²) in [4.78, 5) is 0. The van der Waals surface area contributed by atoms with E-state index in [1.54, 1.807) is 6.92 Å². The lowest BCUT2D eigenvalue weighted by Crippen LogP contribution is -2.21. The Bertz CT molecular complexity index is 274. The summed E-state index contributed by atoms with van der Waals surface area (Å²) in [7, 11) is -4.31. The molecule has 1 N–H and O–H groups in total. The molecule has 0 aliphatic heterocycles. The fourth-order valence-corrected chi connectivity index (χ4v) is 2.34. The van der Waals surface area contributed by atoms with Gasteiger partial charge in [0.2, 0.25) is 0 Å². The van der Waals surface area contributed by atoms with Crippen LogP contribution in [0.3, 0.4) is 0 Å². The van der Waals surface area contributed by atoms with Crippen molar-refractivity contribution in [3.63, 3.8) is 0 Å².